The lowest BCUT2D eigenvalue weighted by atomic mass is 9.96. The van der Waals surface area contributed by atoms with Crippen molar-refractivity contribution in [2.75, 3.05) is 0 Å². The van der Waals surface area contributed by atoms with Crippen LogP contribution >= 0.6 is 0 Å². The predicted molar refractivity (Wildman–Crippen MR) is 256 cm³/mol. The van der Waals surface area contributed by atoms with Gasteiger partial charge in [0.05, 0.1) is 27.8 Å². The molecule has 0 bridgehead atoms. The van der Waals surface area contributed by atoms with Crippen molar-refractivity contribution in [2.24, 2.45) is 0 Å². The first-order valence-corrected chi connectivity index (χ1v) is 21.0. The molecule has 5 heteroatoms. The summed E-state index contributed by atoms with van der Waals surface area (Å²) in [5.74, 6) is 1.77. The molecule has 9 aromatic carbocycles. The fourth-order valence-corrected chi connectivity index (χ4v) is 9.17. The Kier molecular flexibility index (Phi) is 8.42. The number of rotatable bonds is 7. The van der Waals surface area contributed by atoms with Gasteiger partial charge in [0.1, 0.15) is 0 Å². The quantitative estimate of drug-likeness (QED) is 0.162. The number of para-hydroxylation sites is 4. The molecular formula is C57H37N5. The largest absolute Gasteiger partial charge is 0.309 e. The first-order valence-electron chi connectivity index (χ1n) is 21.0. The van der Waals surface area contributed by atoms with Crippen LogP contribution in [0.2, 0.25) is 0 Å². The van der Waals surface area contributed by atoms with Gasteiger partial charge in [-0.15, -0.1) is 0 Å². The van der Waals surface area contributed by atoms with Gasteiger partial charge in [0.2, 0.25) is 5.95 Å². The van der Waals surface area contributed by atoms with E-state index in [1.165, 1.54) is 16.3 Å². The van der Waals surface area contributed by atoms with Crippen LogP contribution < -0.4 is 0 Å². The van der Waals surface area contributed by atoms with E-state index in [-0.39, 0.29) is 0 Å². The molecule has 0 unspecified atom stereocenters. The molecule has 3 heterocycles. The van der Waals surface area contributed by atoms with Gasteiger partial charge >= 0.3 is 0 Å². The van der Waals surface area contributed by atoms with Gasteiger partial charge in [-0.2, -0.15) is 9.97 Å². The number of fused-ring (bicyclic) bond motifs is 6. The van der Waals surface area contributed by atoms with E-state index in [9.17, 15) is 0 Å². The van der Waals surface area contributed by atoms with Gasteiger partial charge in [-0.1, -0.05) is 194 Å². The molecule has 5 nitrogen and oxygen atoms in total. The minimum Gasteiger partial charge on any atom is -0.309 e. The average molecular weight is 792 g/mol. The second-order valence-electron chi connectivity index (χ2n) is 15.6. The highest BCUT2D eigenvalue weighted by Gasteiger charge is 2.22. The van der Waals surface area contributed by atoms with E-state index >= 15 is 0 Å². The Hall–Kier alpha value is -8.41. The Bertz CT molecular complexity index is 3570. The molecule has 0 spiro atoms. The van der Waals surface area contributed by atoms with Crippen LogP contribution in [0.1, 0.15) is 0 Å². The van der Waals surface area contributed by atoms with E-state index in [2.05, 4.69) is 215 Å². The summed E-state index contributed by atoms with van der Waals surface area (Å²) in [7, 11) is 0. The molecule has 290 valence electrons. The lowest BCUT2D eigenvalue weighted by molar-refractivity contribution is 0.954. The summed E-state index contributed by atoms with van der Waals surface area (Å²) in [6.07, 6.45) is 0. The Balaban J connectivity index is 1.09. The summed E-state index contributed by atoms with van der Waals surface area (Å²) in [6, 6.07) is 79.3. The van der Waals surface area contributed by atoms with Crippen LogP contribution in [0.25, 0.3) is 111 Å². The molecule has 0 saturated heterocycles. The minimum atomic E-state index is 0.562. The van der Waals surface area contributed by atoms with Crippen molar-refractivity contribution in [3.05, 3.63) is 224 Å². The second kappa shape index (κ2) is 14.7. The standard InChI is InChI=1S/C57H37N5/c1-4-18-38(19-5-1)41-34-35-44(53(37-41)61-50-31-13-10-26-46(50)47-27-11-14-32-51(47)61)42-24-16-25-43(36-42)56-58-55(40-22-8-3-9-23-40)59-57(60-56)62-52-33-15-12-28-48(52)49-30-17-29-45(54(49)62)39-20-6-2-7-21-39/h1-37H. The lowest BCUT2D eigenvalue weighted by Gasteiger charge is -2.17. The third-order valence-corrected chi connectivity index (χ3v) is 12.0. The summed E-state index contributed by atoms with van der Waals surface area (Å²) >= 11 is 0. The fourth-order valence-electron chi connectivity index (χ4n) is 9.17. The van der Waals surface area contributed by atoms with Crippen molar-refractivity contribution < 1.29 is 0 Å². The van der Waals surface area contributed by atoms with E-state index in [0.29, 0.717) is 17.6 Å². The Labute approximate surface area is 358 Å². The number of hydrogen-bond donors (Lipinski definition) is 0. The van der Waals surface area contributed by atoms with Crippen LogP contribution in [0.15, 0.2) is 224 Å². The highest BCUT2D eigenvalue weighted by atomic mass is 15.2. The van der Waals surface area contributed by atoms with Crippen molar-refractivity contribution in [3.63, 3.8) is 0 Å². The van der Waals surface area contributed by atoms with E-state index in [1.54, 1.807) is 0 Å². The maximum absolute atomic E-state index is 5.38. The highest BCUT2D eigenvalue weighted by molar-refractivity contribution is 6.14. The molecule has 0 N–H and O–H groups in total. The molecular weight excluding hydrogens is 755 g/mol. The molecule has 0 saturated carbocycles. The predicted octanol–water partition coefficient (Wildman–Crippen LogP) is 14.4. The first kappa shape index (κ1) is 35.5. The Morgan fingerprint density at radius 2 is 0.758 bits per heavy atom. The van der Waals surface area contributed by atoms with Crippen LogP contribution in [-0.4, -0.2) is 24.1 Å². The van der Waals surface area contributed by atoms with E-state index in [1.807, 2.05) is 18.2 Å². The number of nitrogens with zero attached hydrogens (tertiary/aromatic N) is 5. The second-order valence-corrected chi connectivity index (χ2v) is 15.6. The van der Waals surface area contributed by atoms with Gasteiger partial charge in [-0.3, -0.25) is 4.57 Å². The lowest BCUT2D eigenvalue weighted by Crippen LogP contribution is -2.07. The molecule has 12 rings (SSSR count). The highest BCUT2D eigenvalue weighted by Crippen LogP contribution is 2.41. The van der Waals surface area contributed by atoms with Crippen molar-refractivity contribution in [1.82, 2.24) is 24.1 Å². The van der Waals surface area contributed by atoms with Crippen molar-refractivity contribution in [1.29, 1.82) is 0 Å². The van der Waals surface area contributed by atoms with Gasteiger partial charge in [-0.05, 0) is 52.6 Å². The van der Waals surface area contributed by atoms with Gasteiger partial charge < -0.3 is 4.57 Å². The van der Waals surface area contributed by atoms with Gasteiger partial charge in [0.25, 0.3) is 0 Å². The summed E-state index contributed by atoms with van der Waals surface area (Å²) < 4.78 is 4.64. The molecule has 0 fully saturated rings. The van der Waals surface area contributed by atoms with Crippen molar-refractivity contribution >= 4 is 43.6 Å². The molecule has 12 aromatic rings. The smallest absolute Gasteiger partial charge is 0.238 e. The first-order chi connectivity index (χ1) is 30.8. The summed E-state index contributed by atoms with van der Waals surface area (Å²) in [4.78, 5) is 15.9. The van der Waals surface area contributed by atoms with Gasteiger partial charge in [-0.25, -0.2) is 4.98 Å². The molecule has 0 amide bonds. The molecule has 3 aromatic heterocycles. The number of benzene rings is 9. The monoisotopic (exact) mass is 791 g/mol. The van der Waals surface area contributed by atoms with Crippen LogP contribution in [0.5, 0.6) is 0 Å². The van der Waals surface area contributed by atoms with E-state index in [4.69, 9.17) is 15.0 Å². The zero-order chi connectivity index (χ0) is 41.0. The molecule has 0 atom stereocenters. The van der Waals surface area contributed by atoms with Crippen LogP contribution in [0, 0.1) is 0 Å². The zero-order valence-corrected chi connectivity index (χ0v) is 33.6. The van der Waals surface area contributed by atoms with Crippen molar-refractivity contribution in [3.8, 4) is 67.8 Å². The number of aromatic nitrogens is 5. The maximum Gasteiger partial charge on any atom is 0.238 e. The SMILES string of the molecule is c1ccc(-c2ccc(-c3cccc(-c4nc(-c5ccccc5)nc(-n5c6ccccc6c6cccc(-c7ccccc7)c65)n4)c3)c(-n3c4ccccc4c4ccccc43)c2)cc1. The van der Waals surface area contributed by atoms with E-state index < -0.39 is 0 Å². The Morgan fingerprint density at radius 3 is 1.42 bits per heavy atom. The molecule has 0 aliphatic carbocycles. The molecule has 0 aliphatic rings. The van der Waals surface area contributed by atoms with Crippen molar-refractivity contribution in [2.45, 2.75) is 0 Å². The topological polar surface area (TPSA) is 48.5 Å². The van der Waals surface area contributed by atoms with Gasteiger partial charge in [0, 0.05) is 43.8 Å². The molecule has 0 radical (unpaired) electrons. The number of hydrogen-bond acceptors (Lipinski definition) is 3. The zero-order valence-electron chi connectivity index (χ0n) is 33.6. The maximum atomic E-state index is 5.38. The summed E-state index contributed by atoms with van der Waals surface area (Å²) in [5.41, 5.74) is 14.0. The molecule has 62 heavy (non-hydrogen) atoms. The van der Waals surface area contributed by atoms with Crippen LogP contribution in [-0.2, 0) is 0 Å². The average Bonchev–Trinajstić information content (AvgIpc) is 3.88. The summed E-state index contributed by atoms with van der Waals surface area (Å²) in [6.45, 7) is 0. The third kappa shape index (κ3) is 5.90. The van der Waals surface area contributed by atoms with Crippen LogP contribution in [0.4, 0.5) is 0 Å². The molecule has 0 aliphatic heterocycles. The normalized spacial score (nSPS) is 11.5. The Morgan fingerprint density at radius 1 is 0.274 bits per heavy atom. The van der Waals surface area contributed by atoms with Crippen LogP contribution in [0.3, 0.4) is 0 Å². The fraction of sp³-hybridized carbons (Fsp3) is 0. The summed E-state index contributed by atoms with van der Waals surface area (Å²) in [5, 5.41) is 4.73. The minimum absolute atomic E-state index is 0.562. The van der Waals surface area contributed by atoms with E-state index in [0.717, 1.165) is 77.5 Å². The third-order valence-electron chi connectivity index (χ3n) is 12.0. The van der Waals surface area contributed by atoms with Gasteiger partial charge in [0.15, 0.2) is 11.6 Å².